The van der Waals surface area contributed by atoms with Crippen LogP contribution in [-0.4, -0.2) is 42.4 Å². The van der Waals surface area contributed by atoms with Crippen molar-refractivity contribution in [1.29, 1.82) is 0 Å². The topological polar surface area (TPSA) is 61.4 Å². The first-order chi connectivity index (χ1) is 12.1. The van der Waals surface area contributed by atoms with E-state index in [2.05, 4.69) is 10.6 Å². The van der Waals surface area contributed by atoms with Crippen molar-refractivity contribution in [3.8, 4) is 0 Å². The van der Waals surface area contributed by atoms with Gasteiger partial charge in [0.2, 0.25) is 11.8 Å². The van der Waals surface area contributed by atoms with E-state index in [0.29, 0.717) is 31.5 Å². The number of carbonyl (C=O) groups is 2. The maximum Gasteiger partial charge on any atom is 0.237 e. The number of carbonyl (C=O) groups excluding carboxylic acids is 2. The maximum absolute atomic E-state index is 12.3. The second-order valence-electron chi connectivity index (χ2n) is 7.38. The molecule has 1 saturated carbocycles. The van der Waals surface area contributed by atoms with E-state index in [4.69, 9.17) is 0 Å². The molecular weight excluding hydrogens is 314 g/mol. The molecule has 5 nitrogen and oxygen atoms in total. The van der Waals surface area contributed by atoms with Gasteiger partial charge >= 0.3 is 0 Å². The van der Waals surface area contributed by atoms with Crippen molar-refractivity contribution in [3.05, 3.63) is 35.9 Å². The zero-order chi connectivity index (χ0) is 17.6. The first-order valence-corrected chi connectivity index (χ1v) is 9.45. The first-order valence-electron chi connectivity index (χ1n) is 9.45. The average Bonchev–Trinajstić information content (AvgIpc) is 3.06. The molecule has 1 aromatic carbocycles. The van der Waals surface area contributed by atoms with Crippen LogP contribution >= 0.6 is 0 Å². The Bertz CT molecular complexity index is 576. The van der Waals surface area contributed by atoms with E-state index in [-0.39, 0.29) is 17.9 Å². The minimum absolute atomic E-state index is 0.0490. The van der Waals surface area contributed by atoms with E-state index < -0.39 is 0 Å². The number of nitrogens with zero attached hydrogens (tertiary/aromatic N) is 1. The summed E-state index contributed by atoms with van der Waals surface area (Å²) in [6.07, 6.45) is 6.28. The zero-order valence-corrected chi connectivity index (χ0v) is 15.0. The predicted octanol–water partition coefficient (Wildman–Crippen LogP) is 2.07. The fourth-order valence-corrected chi connectivity index (χ4v) is 4.07. The van der Waals surface area contributed by atoms with Crippen molar-refractivity contribution in [2.75, 3.05) is 13.6 Å². The molecule has 1 aliphatic heterocycles. The van der Waals surface area contributed by atoms with Crippen LogP contribution in [0.5, 0.6) is 0 Å². The molecule has 2 fully saturated rings. The van der Waals surface area contributed by atoms with Gasteiger partial charge in [0, 0.05) is 32.6 Å². The molecule has 0 spiro atoms. The second kappa shape index (κ2) is 8.48. The molecule has 5 heteroatoms. The number of benzene rings is 1. The smallest absolute Gasteiger partial charge is 0.237 e. The fraction of sp³-hybridized carbons (Fsp3) is 0.600. The molecule has 2 N–H and O–H groups in total. The number of nitrogens with one attached hydrogen (secondary N) is 2. The first kappa shape index (κ1) is 17.9. The van der Waals surface area contributed by atoms with Gasteiger partial charge in [0.15, 0.2) is 0 Å². The van der Waals surface area contributed by atoms with E-state index in [9.17, 15) is 9.59 Å². The number of hydrogen-bond donors (Lipinski definition) is 2. The highest BCUT2D eigenvalue weighted by Gasteiger charge is 2.37. The highest BCUT2D eigenvalue weighted by molar-refractivity contribution is 5.83. The Morgan fingerprint density at radius 3 is 2.72 bits per heavy atom. The third kappa shape index (κ3) is 4.82. The Morgan fingerprint density at radius 2 is 1.96 bits per heavy atom. The molecule has 0 radical (unpaired) electrons. The summed E-state index contributed by atoms with van der Waals surface area (Å²) < 4.78 is 0. The molecule has 0 aromatic heterocycles. The lowest BCUT2D eigenvalue weighted by atomic mass is 9.85. The second-order valence-corrected chi connectivity index (χ2v) is 7.38. The van der Waals surface area contributed by atoms with E-state index in [1.54, 1.807) is 11.9 Å². The number of rotatable bonds is 6. The van der Waals surface area contributed by atoms with Crippen LogP contribution < -0.4 is 10.6 Å². The van der Waals surface area contributed by atoms with Crippen molar-refractivity contribution in [2.24, 2.45) is 5.92 Å². The van der Waals surface area contributed by atoms with Gasteiger partial charge in [-0.2, -0.15) is 0 Å². The Morgan fingerprint density at radius 1 is 1.20 bits per heavy atom. The third-order valence-electron chi connectivity index (χ3n) is 5.51. The van der Waals surface area contributed by atoms with Crippen molar-refractivity contribution in [3.63, 3.8) is 0 Å². The van der Waals surface area contributed by atoms with Crippen LogP contribution in [0.3, 0.4) is 0 Å². The van der Waals surface area contributed by atoms with Crippen molar-refractivity contribution in [1.82, 2.24) is 15.5 Å². The van der Waals surface area contributed by atoms with Crippen LogP contribution in [0.15, 0.2) is 30.3 Å². The van der Waals surface area contributed by atoms with Gasteiger partial charge in [0.05, 0.1) is 6.04 Å². The number of hydrogen-bond acceptors (Lipinski definition) is 3. The molecule has 2 aliphatic rings. The van der Waals surface area contributed by atoms with Gasteiger partial charge in [-0.15, -0.1) is 0 Å². The van der Waals surface area contributed by atoms with Gasteiger partial charge < -0.3 is 15.5 Å². The molecule has 1 aliphatic carbocycles. The molecule has 3 rings (SSSR count). The summed E-state index contributed by atoms with van der Waals surface area (Å²) in [6, 6.07) is 10.4. The van der Waals surface area contributed by atoms with Gasteiger partial charge in [-0.1, -0.05) is 43.2 Å². The van der Waals surface area contributed by atoms with Gasteiger partial charge in [-0.05, 0) is 30.7 Å². The van der Waals surface area contributed by atoms with Crippen molar-refractivity contribution < 1.29 is 9.59 Å². The van der Waals surface area contributed by atoms with Crippen LogP contribution in [-0.2, 0) is 16.1 Å². The number of amides is 2. The molecule has 1 aromatic rings. The number of fused-ring (bicyclic) bond motifs is 1. The molecule has 1 saturated heterocycles. The summed E-state index contributed by atoms with van der Waals surface area (Å²) in [4.78, 5) is 26.3. The fourth-order valence-electron chi connectivity index (χ4n) is 4.07. The van der Waals surface area contributed by atoms with Crippen LogP contribution in [0.2, 0.25) is 0 Å². The van der Waals surface area contributed by atoms with E-state index in [1.165, 1.54) is 25.7 Å². The van der Waals surface area contributed by atoms with Crippen molar-refractivity contribution in [2.45, 2.75) is 57.2 Å². The van der Waals surface area contributed by atoms with Gasteiger partial charge in [0.25, 0.3) is 0 Å². The van der Waals surface area contributed by atoms with Gasteiger partial charge in [0.1, 0.15) is 0 Å². The maximum atomic E-state index is 12.3. The molecule has 25 heavy (non-hydrogen) atoms. The lowest BCUT2D eigenvalue weighted by Gasteiger charge is -2.24. The summed E-state index contributed by atoms with van der Waals surface area (Å²) in [5, 5.41) is 6.41. The minimum atomic E-state index is -0.0785. The summed E-state index contributed by atoms with van der Waals surface area (Å²) in [5.74, 6) is 0.758. The Labute approximate surface area is 150 Å². The molecule has 0 unspecified atom stereocenters. The Kier molecular flexibility index (Phi) is 6.08. The Balaban J connectivity index is 1.37. The predicted molar refractivity (Wildman–Crippen MR) is 97.8 cm³/mol. The minimum Gasteiger partial charge on any atom is -0.354 e. The molecule has 0 bridgehead atoms. The largest absolute Gasteiger partial charge is 0.354 e. The van der Waals surface area contributed by atoms with Gasteiger partial charge in [-0.25, -0.2) is 0 Å². The summed E-state index contributed by atoms with van der Waals surface area (Å²) in [6.45, 7) is 1.01. The van der Waals surface area contributed by atoms with E-state index >= 15 is 0 Å². The summed E-state index contributed by atoms with van der Waals surface area (Å²) in [7, 11) is 1.81. The quantitative estimate of drug-likeness (QED) is 0.831. The normalized spacial score (nSPS) is 25.2. The van der Waals surface area contributed by atoms with Gasteiger partial charge in [-0.3, -0.25) is 9.59 Å². The van der Waals surface area contributed by atoms with Crippen LogP contribution in [0, 0.1) is 5.92 Å². The summed E-state index contributed by atoms with van der Waals surface area (Å²) >= 11 is 0. The molecule has 136 valence electrons. The third-order valence-corrected chi connectivity index (χ3v) is 5.51. The molecule has 1 heterocycles. The molecule has 3 atom stereocenters. The highest BCUT2D eigenvalue weighted by atomic mass is 16.2. The van der Waals surface area contributed by atoms with E-state index in [0.717, 1.165) is 12.0 Å². The zero-order valence-electron chi connectivity index (χ0n) is 15.0. The lowest BCUT2D eigenvalue weighted by molar-refractivity contribution is -0.130. The Hall–Kier alpha value is -1.88. The highest BCUT2D eigenvalue weighted by Crippen LogP contribution is 2.33. The van der Waals surface area contributed by atoms with Crippen LogP contribution in [0.1, 0.15) is 44.1 Å². The van der Waals surface area contributed by atoms with E-state index in [1.807, 2.05) is 30.3 Å². The standard InChI is InChI=1S/C20H29N3O2/c1-23(14-15-7-3-2-4-8-15)19(24)11-12-21-20(25)18-13-16-9-5-6-10-17(16)22-18/h2-4,7-8,16-18,22H,5-6,9-14H2,1H3,(H,21,25)/t16-,17-,18+/m1/s1. The monoisotopic (exact) mass is 343 g/mol. The van der Waals surface area contributed by atoms with Crippen molar-refractivity contribution >= 4 is 11.8 Å². The lowest BCUT2D eigenvalue weighted by Crippen LogP contribution is -2.44. The SMILES string of the molecule is CN(Cc1ccccc1)C(=O)CCNC(=O)[C@@H]1C[C@H]2CCCC[C@H]2N1. The average molecular weight is 343 g/mol. The summed E-state index contributed by atoms with van der Waals surface area (Å²) in [5.41, 5.74) is 1.11. The molecular formula is C20H29N3O2. The van der Waals surface area contributed by atoms with Crippen LogP contribution in [0.4, 0.5) is 0 Å². The molecule has 2 amide bonds. The van der Waals surface area contributed by atoms with Crippen LogP contribution in [0.25, 0.3) is 0 Å².